The quantitative estimate of drug-likeness (QED) is 0.430. The third-order valence-corrected chi connectivity index (χ3v) is 6.82. The van der Waals surface area contributed by atoms with Crippen LogP contribution in [0.15, 0.2) is 59.9 Å². The van der Waals surface area contributed by atoms with E-state index >= 15 is 0 Å². The molecule has 6 nitrogen and oxygen atoms in total. The third kappa shape index (κ3) is 4.35. The number of carbonyl (C=O) groups is 2. The highest BCUT2D eigenvalue weighted by molar-refractivity contribution is 7.14. The van der Waals surface area contributed by atoms with Gasteiger partial charge in [-0.15, -0.1) is 11.3 Å². The second-order valence-corrected chi connectivity index (χ2v) is 9.78. The minimum absolute atomic E-state index is 0.0186. The van der Waals surface area contributed by atoms with Gasteiger partial charge in [-0.3, -0.25) is 14.5 Å². The van der Waals surface area contributed by atoms with Crippen LogP contribution in [0.25, 0.3) is 0 Å². The molecule has 0 fully saturated rings. The number of thiazole rings is 1. The Labute approximate surface area is 203 Å². The number of Topliss-reactive ketones (excluding diaryl/α,β-unsaturated/α-hetero) is 1. The molecule has 176 valence electrons. The molecule has 1 aliphatic heterocycles. The van der Waals surface area contributed by atoms with Crippen LogP contribution >= 0.6 is 11.3 Å². The van der Waals surface area contributed by atoms with E-state index in [1.165, 1.54) is 16.2 Å². The van der Waals surface area contributed by atoms with Crippen LogP contribution < -0.4 is 9.64 Å². The normalized spacial score (nSPS) is 16.0. The van der Waals surface area contributed by atoms with Gasteiger partial charge in [-0.25, -0.2) is 4.98 Å². The Morgan fingerprint density at radius 2 is 1.76 bits per heavy atom. The van der Waals surface area contributed by atoms with Crippen molar-refractivity contribution in [2.75, 3.05) is 4.90 Å². The van der Waals surface area contributed by atoms with Gasteiger partial charge in [-0.05, 0) is 69.5 Å². The van der Waals surface area contributed by atoms with Gasteiger partial charge in [-0.1, -0.05) is 31.2 Å². The molecule has 0 spiro atoms. The fraction of sp³-hybridized carbons (Fsp3) is 0.296. The molecule has 2 aromatic carbocycles. The molecule has 1 amide bonds. The summed E-state index contributed by atoms with van der Waals surface area (Å²) >= 11 is 1.27. The molecular formula is C27H28N2O4S. The fourth-order valence-corrected chi connectivity index (χ4v) is 5.05. The summed E-state index contributed by atoms with van der Waals surface area (Å²) in [6, 6.07) is 14.1. The maximum atomic E-state index is 13.6. The summed E-state index contributed by atoms with van der Waals surface area (Å²) in [5.74, 6) is -0.828. The molecule has 0 saturated heterocycles. The molecule has 1 N–H and O–H groups in total. The smallest absolute Gasteiger partial charge is 0.294 e. The van der Waals surface area contributed by atoms with Crippen molar-refractivity contribution in [2.24, 2.45) is 0 Å². The van der Waals surface area contributed by atoms with Crippen LogP contribution in [0.4, 0.5) is 5.69 Å². The van der Waals surface area contributed by atoms with Crippen LogP contribution in [-0.2, 0) is 11.2 Å². The number of nitrogens with zero attached hydrogens (tertiary/aromatic N) is 2. The predicted molar refractivity (Wildman–Crippen MR) is 134 cm³/mol. The number of ether oxygens (including phenoxy) is 1. The second kappa shape index (κ2) is 9.43. The maximum absolute atomic E-state index is 13.6. The Bertz CT molecular complexity index is 1260. The van der Waals surface area contributed by atoms with E-state index < -0.39 is 17.7 Å². The monoisotopic (exact) mass is 476 g/mol. The first-order valence-corrected chi connectivity index (χ1v) is 12.1. The van der Waals surface area contributed by atoms with Crippen molar-refractivity contribution >= 4 is 28.7 Å². The molecule has 4 rings (SSSR count). The number of hydrogen-bond donors (Lipinski definition) is 1. The zero-order valence-corrected chi connectivity index (χ0v) is 20.8. The van der Waals surface area contributed by atoms with Gasteiger partial charge in [0.1, 0.15) is 5.75 Å². The van der Waals surface area contributed by atoms with E-state index in [1.54, 1.807) is 31.2 Å². The van der Waals surface area contributed by atoms with E-state index in [-0.39, 0.29) is 17.5 Å². The van der Waals surface area contributed by atoms with E-state index in [4.69, 9.17) is 4.74 Å². The zero-order valence-electron chi connectivity index (χ0n) is 20.0. The van der Waals surface area contributed by atoms with Crippen molar-refractivity contribution in [3.63, 3.8) is 0 Å². The van der Waals surface area contributed by atoms with Crippen molar-refractivity contribution in [1.82, 2.24) is 4.98 Å². The Morgan fingerprint density at radius 1 is 1.12 bits per heavy atom. The van der Waals surface area contributed by atoms with Crippen LogP contribution in [0.5, 0.6) is 5.75 Å². The number of carbonyl (C=O) groups excluding carboxylic acids is 2. The molecule has 0 aliphatic carbocycles. The first kappa shape index (κ1) is 23.7. The highest BCUT2D eigenvalue weighted by Gasteiger charge is 2.45. The maximum Gasteiger partial charge on any atom is 0.294 e. The lowest BCUT2D eigenvalue weighted by atomic mass is 9.94. The number of aliphatic hydroxyl groups excluding tert-OH is 1. The Balaban J connectivity index is 1.82. The number of aryl methyl sites for hydroxylation is 3. The molecule has 1 aromatic heterocycles. The van der Waals surface area contributed by atoms with Gasteiger partial charge in [0.25, 0.3) is 5.91 Å². The molecule has 3 aromatic rings. The Morgan fingerprint density at radius 3 is 2.29 bits per heavy atom. The lowest BCUT2D eigenvalue weighted by Crippen LogP contribution is -2.31. The van der Waals surface area contributed by atoms with Crippen molar-refractivity contribution < 1.29 is 19.4 Å². The molecule has 1 atom stereocenters. The molecule has 7 heteroatoms. The molecular weight excluding hydrogens is 448 g/mol. The highest BCUT2D eigenvalue weighted by atomic mass is 32.1. The predicted octanol–water partition coefficient (Wildman–Crippen LogP) is 5.89. The first-order valence-electron chi connectivity index (χ1n) is 11.3. The number of ketones is 1. The summed E-state index contributed by atoms with van der Waals surface area (Å²) in [5.41, 5.74) is 3.12. The Hall–Kier alpha value is -3.45. The van der Waals surface area contributed by atoms with Gasteiger partial charge < -0.3 is 9.84 Å². The van der Waals surface area contributed by atoms with Crippen molar-refractivity contribution in [2.45, 2.75) is 53.2 Å². The minimum atomic E-state index is -0.760. The molecule has 1 unspecified atom stereocenters. The summed E-state index contributed by atoms with van der Waals surface area (Å²) in [6.45, 7) is 9.54. The summed E-state index contributed by atoms with van der Waals surface area (Å²) < 4.78 is 5.73. The molecule has 34 heavy (non-hydrogen) atoms. The van der Waals surface area contributed by atoms with E-state index in [0.717, 1.165) is 22.6 Å². The van der Waals surface area contributed by atoms with Gasteiger partial charge in [0.2, 0.25) is 5.78 Å². The van der Waals surface area contributed by atoms with Gasteiger partial charge in [-0.2, -0.15) is 0 Å². The molecule has 0 radical (unpaired) electrons. The summed E-state index contributed by atoms with van der Waals surface area (Å²) in [4.78, 5) is 33.3. The first-order chi connectivity index (χ1) is 16.2. The number of hydrogen-bond acceptors (Lipinski definition) is 6. The number of benzene rings is 2. The van der Waals surface area contributed by atoms with Crippen LogP contribution in [0.3, 0.4) is 0 Å². The van der Waals surface area contributed by atoms with Crippen LogP contribution in [-0.4, -0.2) is 27.9 Å². The van der Waals surface area contributed by atoms with Crippen LogP contribution in [0.1, 0.15) is 58.3 Å². The zero-order chi connectivity index (χ0) is 24.6. The third-order valence-electron chi connectivity index (χ3n) is 5.75. The number of rotatable bonds is 7. The standard InChI is InChI=1S/C27H28N2O4S/c1-6-18-7-9-19(10-8-18)23-22(24(30)26-16(4)28-17(5)34-26)25(31)27(32)29(23)20-11-13-21(14-12-20)33-15(2)3/h7-15,23,31H,6H2,1-5H3. The summed E-state index contributed by atoms with van der Waals surface area (Å²) in [5, 5.41) is 11.7. The van der Waals surface area contributed by atoms with Gasteiger partial charge >= 0.3 is 0 Å². The van der Waals surface area contributed by atoms with Gasteiger partial charge in [0, 0.05) is 5.69 Å². The molecule has 2 heterocycles. The van der Waals surface area contributed by atoms with Crippen LogP contribution in [0.2, 0.25) is 0 Å². The highest BCUT2D eigenvalue weighted by Crippen LogP contribution is 2.43. The summed E-state index contributed by atoms with van der Waals surface area (Å²) in [6.07, 6.45) is 0.891. The largest absolute Gasteiger partial charge is 0.503 e. The fourth-order valence-electron chi connectivity index (χ4n) is 4.18. The van der Waals surface area contributed by atoms with E-state index in [2.05, 4.69) is 11.9 Å². The van der Waals surface area contributed by atoms with Crippen LogP contribution in [0, 0.1) is 13.8 Å². The van der Waals surface area contributed by atoms with E-state index in [1.807, 2.05) is 45.0 Å². The minimum Gasteiger partial charge on any atom is -0.503 e. The van der Waals surface area contributed by atoms with E-state index in [9.17, 15) is 14.7 Å². The second-order valence-electron chi connectivity index (χ2n) is 8.57. The average Bonchev–Trinajstić information content (AvgIpc) is 3.29. The van der Waals surface area contributed by atoms with Crippen molar-refractivity contribution in [3.8, 4) is 5.75 Å². The molecule has 0 bridgehead atoms. The number of aromatic nitrogens is 1. The lowest BCUT2D eigenvalue weighted by molar-refractivity contribution is -0.117. The van der Waals surface area contributed by atoms with Crippen molar-refractivity contribution in [1.29, 1.82) is 0 Å². The topological polar surface area (TPSA) is 79.7 Å². The number of aliphatic hydroxyl groups is 1. The van der Waals surface area contributed by atoms with Gasteiger partial charge in [0.15, 0.2) is 5.76 Å². The van der Waals surface area contributed by atoms with Gasteiger partial charge in [0.05, 0.1) is 33.3 Å². The number of amides is 1. The molecule has 1 aliphatic rings. The SMILES string of the molecule is CCc1ccc(C2C(C(=O)c3sc(C)nc3C)=C(O)C(=O)N2c2ccc(OC(C)C)cc2)cc1. The van der Waals surface area contributed by atoms with E-state index in [0.29, 0.717) is 22.0 Å². The summed E-state index contributed by atoms with van der Waals surface area (Å²) in [7, 11) is 0. The average molecular weight is 477 g/mol. The number of anilines is 1. The lowest BCUT2D eigenvalue weighted by Gasteiger charge is -2.27. The van der Waals surface area contributed by atoms with Crippen molar-refractivity contribution in [3.05, 3.63) is 86.6 Å². The molecule has 0 saturated carbocycles. The Kier molecular flexibility index (Phi) is 6.57.